The lowest BCUT2D eigenvalue weighted by atomic mass is 9.51. The molecule has 0 spiro atoms. The number of halogens is 1. The smallest absolute Gasteiger partial charge is 0.242 e. The third-order valence-corrected chi connectivity index (χ3v) is 14.8. The fourth-order valence-corrected chi connectivity index (χ4v) is 12.0. The minimum Gasteiger partial charge on any atom is -0.507 e. The number of anilines is 1. The van der Waals surface area contributed by atoms with Crippen LogP contribution in [0.5, 0.6) is 17.2 Å². The van der Waals surface area contributed by atoms with Crippen molar-refractivity contribution in [2.75, 3.05) is 19.1 Å². The molecule has 11 nitrogen and oxygen atoms in total. The van der Waals surface area contributed by atoms with Gasteiger partial charge in [0, 0.05) is 52.5 Å². The van der Waals surface area contributed by atoms with Gasteiger partial charge in [-0.25, -0.2) is 4.90 Å². The van der Waals surface area contributed by atoms with E-state index in [2.05, 4.69) is 0 Å². The van der Waals surface area contributed by atoms with Crippen LogP contribution in [0.2, 0.25) is 5.02 Å². The van der Waals surface area contributed by atoms with Crippen molar-refractivity contribution in [2.24, 2.45) is 36.1 Å². The Hall–Kier alpha value is -4.68. The van der Waals surface area contributed by atoms with Crippen molar-refractivity contribution >= 4 is 62.5 Å². The summed E-state index contributed by atoms with van der Waals surface area (Å²) in [5.41, 5.74) is 1.35. The lowest BCUT2D eigenvalue weighted by Crippen LogP contribution is -2.49. The number of rotatable bonds is 6. The monoisotopic (exact) mass is 782 g/mol. The number of imide groups is 2. The molecule has 2 aromatic carbocycles. The third-order valence-electron chi connectivity index (χ3n) is 13.3. The molecule has 5 aliphatic rings. The SMILES string of the molecule is COc1cc(O)c([C@H]2C3=CC[C@@H]4C(=O)N(C5CCCCC5)C(=O)[C@@H]4[C@@H]3C[C@H]3C(=O)N(c4cc(-c5sc6ccc(Cl)cc6c5C)nn4C)C(=O)[C@@]23C)c(OC)c1. The van der Waals surface area contributed by atoms with Crippen molar-refractivity contribution in [3.05, 3.63) is 64.2 Å². The van der Waals surface area contributed by atoms with Crippen LogP contribution in [-0.2, 0) is 26.2 Å². The van der Waals surface area contributed by atoms with E-state index in [4.69, 9.17) is 26.2 Å². The molecule has 2 saturated heterocycles. The summed E-state index contributed by atoms with van der Waals surface area (Å²) in [7, 11) is 4.69. The van der Waals surface area contributed by atoms with Gasteiger partial charge in [-0.15, -0.1) is 11.3 Å². The van der Waals surface area contributed by atoms with Crippen molar-refractivity contribution in [3.8, 4) is 27.8 Å². The molecule has 0 bridgehead atoms. The number of fused-ring (bicyclic) bond motifs is 5. The van der Waals surface area contributed by atoms with Gasteiger partial charge >= 0.3 is 0 Å². The van der Waals surface area contributed by atoms with E-state index in [-0.39, 0.29) is 30.0 Å². The van der Waals surface area contributed by atoms with Gasteiger partial charge in [0.05, 0.1) is 42.3 Å². The fourth-order valence-electron chi connectivity index (χ4n) is 10.6. The Bertz CT molecular complexity index is 2360. The molecule has 0 unspecified atom stereocenters. The average molecular weight is 783 g/mol. The molecule has 286 valence electrons. The van der Waals surface area contributed by atoms with Crippen molar-refractivity contribution in [1.29, 1.82) is 0 Å². The number of aromatic hydroxyl groups is 1. The zero-order chi connectivity index (χ0) is 38.7. The second-order valence-electron chi connectivity index (χ2n) is 16.0. The Kier molecular flexibility index (Phi) is 8.47. The number of methoxy groups -OCH3 is 2. The molecule has 9 rings (SSSR count). The molecular formula is C42H43ClN4O7S. The molecule has 4 fully saturated rings. The number of amides is 4. The number of likely N-dealkylation sites (tertiary alicyclic amines) is 1. The number of carbonyl (C=O) groups is 4. The second kappa shape index (κ2) is 12.9. The maximum Gasteiger partial charge on any atom is 0.242 e. The number of ether oxygens (including phenoxy) is 2. The number of thiophene rings is 1. The largest absolute Gasteiger partial charge is 0.507 e. The molecule has 4 heterocycles. The molecule has 0 radical (unpaired) electrons. The van der Waals surface area contributed by atoms with Crippen LogP contribution in [0.15, 0.2) is 48.0 Å². The predicted molar refractivity (Wildman–Crippen MR) is 208 cm³/mol. The van der Waals surface area contributed by atoms with Crippen LogP contribution >= 0.6 is 22.9 Å². The molecule has 3 aliphatic carbocycles. The number of nitrogens with zero attached hydrogens (tertiary/aromatic N) is 4. The quantitative estimate of drug-likeness (QED) is 0.157. The van der Waals surface area contributed by atoms with E-state index in [1.165, 1.54) is 30.1 Å². The number of phenols is 1. The first-order valence-electron chi connectivity index (χ1n) is 19.0. The van der Waals surface area contributed by atoms with E-state index in [0.717, 1.165) is 58.2 Å². The summed E-state index contributed by atoms with van der Waals surface area (Å²) in [6.45, 7) is 3.80. The topological polar surface area (TPSA) is 131 Å². The number of allylic oxidation sites excluding steroid dienone is 2. The highest BCUT2D eigenvalue weighted by molar-refractivity contribution is 7.22. The van der Waals surface area contributed by atoms with Crippen molar-refractivity contribution in [2.45, 2.75) is 70.8 Å². The Balaban J connectivity index is 1.17. The summed E-state index contributed by atoms with van der Waals surface area (Å²) in [6, 6.07) is 10.5. The molecule has 4 amide bonds. The minimum absolute atomic E-state index is 0.121. The van der Waals surface area contributed by atoms with Crippen molar-refractivity contribution < 1.29 is 33.8 Å². The van der Waals surface area contributed by atoms with Gasteiger partial charge < -0.3 is 14.6 Å². The van der Waals surface area contributed by atoms with Crippen LogP contribution in [-0.4, -0.2) is 63.7 Å². The number of phenolic OH excluding ortho intramolecular Hbond substituents is 1. The normalized spacial score (nSPS) is 28.1. The number of aromatic nitrogens is 2. The first-order valence-corrected chi connectivity index (χ1v) is 20.2. The van der Waals surface area contributed by atoms with E-state index < -0.39 is 46.8 Å². The average Bonchev–Trinajstić information content (AvgIpc) is 3.85. The summed E-state index contributed by atoms with van der Waals surface area (Å²) >= 11 is 7.90. The summed E-state index contributed by atoms with van der Waals surface area (Å²) in [6.07, 6.45) is 7.17. The van der Waals surface area contributed by atoms with Crippen LogP contribution < -0.4 is 14.4 Å². The van der Waals surface area contributed by atoms with Crippen LogP contribution in [0, 0.1) is 36.0 Å². The van der Waals surface area contributed by atoms with Gasteiger partial charge in [-0.2, -0.15) is 5.10 Å². The first kappa shape index (κ1) is 36.0. The molecule has 55 heavy (non-hydrogen) atoms. The number of carbonyl (C=O) groups excluding carboxylic acids is 4. The van der Waals surface area contributed by atoms with E-state index in [9.17, 15) is 19.5 Å². The zero-order valence-corrected chi connectivity index (χ0v) is 33.0. The first-order chi connectivity index (χ1) is 26.4. The van der Waals surface area contributed by atoms with Gasteiger partial charge in [0.1, 0.15) is 28.8 Å². The van der Waals surface area contributed by atoms with Crippen LogP contribution in [0.3, 0.4) is 0 Å². The highest BCUT2D eigenvalue weighted by atomic mass is 35.5. The van der Waals surface area contributed by atoms with Crippen molar-refractivity contribution in [3.63, 3.8) is 0 Å². The van der Waals surface area contributed by atoms with E-state index >= 15 is 4.79 Å². The second-order valence-corrected chi connectivity index (χ2v) is 17.5. The lowest BCUT2D eigenvalue weighted by molar-refractivity contribution is -0.144. The number of hydrogen-bond acceptors (Lipinski definition) is 9. The highest BCUT2D eigenvalue weighted by Gasteiger charge is 2.68. The molecule has 2 aliphatic heterocycles. The molecule has 2 saturated carbocycles. The Morgan fingerprint density at radius 3 is 2.45 bits per heavy atom. The number of benzene rings is 2. The van der Waals surface area contributed by atoms with E-state index in [1.807, 2.05) is 31.2 Å². The van der Waals surface area contributed by atoms with E-state index in [0.29, 0.717) is 40.0 Å². The highest BCUT2D eigenvalue weighted by Crippen LogP contribution is 2.66. The Labute approximate surface area is 327 Å². The number of hydrogen-bond donors (Lipinski definition) is 1. The summed E-state index contributed by atoms with van der Waals surface area (Å²) in [5.74, 6) is -3.77. The van der Waals surface area contributed by atoms with Crippen molar-refractivity contribution in [1.82, 2.24) is 14.7 Å². The molecule has 13 heteroatoms. The van der Waals surface area contributed by atoms with Crippen LogP contribution in [0.4, 0.5) is 5.82 Å². The van der Waals surface area contributed by atoms with Crippen LogP contribution in [0.25, 0.3) is 20.7 Å². The molecular weight excluding hydrogens is 740 g/mol. The van der Waals surface area contributed by atoms with E-state index in [1.54, 1.807) is 42.1 Å². The summed E-state index contributed by atoms with van der Waals surface area (Å²) in [5, 5.41) is 18.2. The van der Waals surface area contributed by atoms with Gasteiger partial charge in [0.15, 0.2) is 0 Å². The third kappa shape index (κ3) is 5.09. The standard InChI is InChI=1S/C42H43ClN4O7S/c1-20-26-15-21(43)11-14-32(26)55-37(20)29-19-33(45(3)44-29)47-39(50)28-18-27-24(12-13-25-34(27)40(51)46(38(25)49)22-9-7-6-8-10-22)36(42(28,2)41(47)52)35-30(48)16-23(53-4)17-31(35)54-5/h11-12,14-17,19,22,25,27-28,34,36,48H,6-10,13,18H2,1-5H3/t25-,27+,28-,34-,36+,42+/m0/s1. The fraction of sp³-hybridized carbons (Fsp3) is 0.452. The molecule has 1 N–H and O–H groups in total. The zero-order valence-electron chi connectivity index (χ0n) is 31.4. The Morgan fingerprint density at radius 2 is 1.73 bits per heavy atom. The van der Waals surface area contributed by atoms with Gasteiger partial charge in [0.2, 0.25) is 23.6 Å². The summed E-state index contributed by atoms with van der Waals surface area (Å²) < 4.78 is 13.9. The molecule has 6 atom stereocenters. The maximum atomic E-state index is 15.3. The van der Waals surface area contributed by atoms with Gasteiger partial charge in [-0.1, -0.05) is 42.5 Å². The predicted octanol–water partition coefficient (Wildman–Crippen LogP) is 7.55. The van der Waals surface area contributed by atoms with Gasteiger partial charge in [-0.3, -0.25) is 28.8 Å². The maximum absolute atomic E-state index is 15.3. The molecule has 2 aromatic heterocycles. The Morgan fingerprint density at radius 1 is 0.964 bits per heavy atom. The van der Waals surface area contributed by atoms with Crippen LogP contribution in [0.1, 0.15) is 68.9 Å². The molecule has 4 aromatic rings. The number of aryl methyl sites for hydroxylation is 2. The summed E-state index contributed by atoms with van der Waals surface area (Å²) in [4.78, 5) is 62.5. The van der Waals surface area contributed by atoms with Gasteiger partial charge in [-0.05, 0) is 74.6 Å². The minimum atomic E-state index is -1.39. The van der Waals surface area contributed by atoms with Gasteiger partial charge in [0.25, 0.3) is 0 Å². The lowest BCUT2D eigenvalue weighted by Gasteiger charge is -2.49.